The Morgan fingerprint density at radius 2 is 1.88 bits per heavy atom. The van der Waals surface area contributed by atoms with Crippen LogP contribution in [0, 0.1) is 19.8 Å². The van der Waals surface area contributed by atoms with Gasteiger partial charge in [0.25, 0.3) is 0 Å². The second-order valence-corrected chi connectivity index (χ2v) is 7.06. The predicted molar refractivity (Wildman–Crippen MR) is 94.2 cm³/mol. The number of halogens is 3. The van der Waals surface area contributed by atoms with Crippen LogP contribution in [0.5, 0.6) is 0 Å². The standard InChI is InChI=1S/C17H26F2N4O.ClH/c1-11-15(12(2)23(21-11)17(18)19)9-16(24)22-7-5-14(6-8-22)20-10-13-3-4-13;/h13-14,17,20H,3-10H2,1-2H3;1H. The van der Waals surface area contributed by atoms with Crippen LogP contribution in [0.15, 0.2) is 0 Å². The molecule has 3 rings (SSSR count). The second kappa shape index (κ2) is 8.45. The summed E-state index contributed by atoms with van der Waals surface area (Å²) in [6.45, 7) is 3.19. The van der Waals surface area contributed by atoms with Crippen molar-refractivity contribution in [2.24, 2.45) is 5.92 Å². The van der Waals surface area contributed by atoms with E-state index in [4.69, 9.17) is 0 Å². The molecule has 1 N–H and O–H groups in total. The van der Waals surface area contributed by atoms with Crippen molar-refractivity contribution >= 4 is 18.3 Å². The highest BCUT2D eigenvalue weighted by Gasteiger charge is 2.27. The van der Waals surface area contributed by atoms with Gasteiger partial charge in [0, 0.05) is 30.4 Å². The first-order valence-electron chi connectivity index (χ1n) is 8.79. The lowest BCUT2D eigenvalue weighted by atomic mass is 10.0. The maximum Gasteiger partial charge on any atom is 0.333 e. The minimum atomic E-state index is -2.67. The number of hydrogen-bond donors (Lipinski definition) is 1. The van der Waals surface area contributed by atoms with Gasteiger partial charge in [0.1, 0.15) is 0 Å². The summed E-state index contributed by atoms with van der Waals surface area (Å²) in [6.07, 6.45) is 4.77. The van der Waals surface area contributed by atoms with Gasteiger partial charge >= 0.3 is 6.55 Å². The van der Waals surface area contributed by atoms with Crippen LogP contribution in [-0.4, -0.2) is 46.3 Å². The van der Waals surface area contributed by atoms with Crippen molar-refractivity contribution in [3.8, 4) is 0 Å². The lowest BCUT2D eigenvalue weighted by molar-refractivity contribution is -0.131. The highest BCUT2D eigenvalue weighted by molar-refractivity contribution is 5.85. The zero-order chi connectivity index (χ0) is 17.3. The molecule has 0 spiro atoms. The first-order chi connectivity index (χ1) is 11.5. The smallest absolute Gasteiger partial charge is 0.333 e. The van der Waals surface area contributed by atoms with E-state index in [0.29, 0.717) is 27.7 Å². The van der Waals surface area contributed by atoms with Gasteiger partial charge in [-0.2, -0.15) is 13.9 Å². The Morgan fingerprint density at radius 1 is 1.24 bits per heavy atom. The fourth-order valence-corrected chi connectivity index (χ4v) is 3.39. The normalized spacial score (nSPS) is 18.5. The molecule has 1 aromatic rings. The highest BCUT2D eigenvalue weighted by atomic mass is 35.5. The number of nitrogens with zero attached hydrogens (tertiary/aromatic N) is 3. The molecule has 0 bridgehead atoms. The predicted octanol–water partition coefficient (Wildman–Crippen LogP) is 2.85. The van der Waals surface area contributed by atoms with Crippen LogP contribution in [0.25, 0.3) is 0 Å². The number of aryl methyl sites for hydroxylation is 1. The molecule has 2 fully saturated rings. The molecule has 0 radical (unpaired) electrons. The van der Waals surface area contributed by atoms with Crippen LogP contribution in [0.4, 0.5) is 8.78 Å². The van der Waals surface area contributed by atoms with Gasteiger partial charge < -0.3 is 10.2 Å². The number of piperidine rings is 1. The van der Waals surface area contributed by atoms with Crippen LogP contribution in [0.3, 0.4) is 0 Å². The summed E-state index contributed by atoms with van der Waals surface area (Å²) < 4.78 is 26.5. The maximum atomic E-state index is 12.9. The van der Waals surface area contributed by atoms with E-state index in [1.165, 1.54) is 12.8 Å². The lowest BCUT2D eigenvalue weighted by Crippen LogP contribution is -2.45. The Labute approximate surface area is 153 Å². The highest BCUT2D eigenvalue weighted by Crippen LogP contribution is 2.28. The topological polar surface area (TPSA) is 50.2 Å². The Kier molecular flexibility index (Phi) is 6.79. The molecule has 1 aromatic heterocycles. The van der Waals surface area contributed by atoms with E-state index >= 15 is 0 Å². The molecule has 1 amide bonds. The van der Waals surface area contributed by atoms with Crippen molar-refractivity contribution < 1.29 is 13.6 Å². The van der Waals surface area contributed by atoms with Gasteiger partial charge in [-0.3, -0.25) is 4.79 Å². The van der Waals surface area contributed by atoms with Crippen LogP contribution < -0.4 is 5.32 Å². The number of amides is 1. The molecule has 0 aromatic carbocycles. The zero-order valence-electron chi connectivity index (χ0n) is 14.8. The average Bonchev–Trinajstić information content (AvgIpc) is 3.34. The molecule has 1 aliphatic carbocycles. The van der Waals surface area contributed by atoms with Crippen molar-refractivity contribution in [3.63, 3.8) is 0 Å². The van der Waals surface area contributed by atoms with Gasteiger partial charge in [-0.25, -0.2) is 4.68 Å². The molecular weight excluding hydrogens is 350 g/mol. The van der Waals surface area contributed by atoms with E-state index in [2.05, 4.69) is 10.4 Å². The fourth-order valence-electron chi connectivity index (χ4n) is 3.39. The Bertz CT molecular complexity index is 596. The molecule has 8 heteroatoms. The van der Waals surface area contributed by atoms with Gasteiger partial charge in [0.2, 0.25) is 5.91 Å². The molecular formula is C17H27ClF2N4O. The number of alkyl halides is 2. The number of aromatic nitrogens is 2. The number of carbonyl (C=O) groups is 1. The maximum absolute atomic E-state index is 12.9. The number of rotatable bonds is 6. The second-order valence-electron chi connectivity index (χ2n) is 7.06. The average molecular weight is 377 g/mol. The van der Waals surface area contributed by atoms with Gasteiger partial charge in [-0.05, 0) is 52.0 Å². The third-order valence-electron chi connectivity index (χ3n) is 5.23. The van der Waals surface area contributed by atoms with Gasteiger partial charge in [-0.15, -0.1) is 12.4 Å². The molecule has 5 nitrogen and oxygen atoms in total. The van der Waals surface area contributed by atoms with Gasteiger partial charge in [0.15, 0.2) is 0 Å². The molecule has 1 saturated carbocycles. The monoisotopic (exact) mass is 376 g/mol. The van der Waals surface area contributed by atoms with E-state index in [-0.39, 0.29) is 24.7 Å². The molecule has 0 unspecified atom stereocenters. The summed E-state index contributed by atoms with van der Waals surface area (Å²) in [5.74, 6) is 0.873. The molecule has 0 atom stereocenters. The largest absolute Gasteiger partial charge is 0.342 e. The van der Waals surface area contributed by atoms with Gasteiger partial charge in [0.05, 0.1) is 12.1 Å². The van der Waals surface area contributed by atoms with E-state index in [1.807, 2.05) is 4.90 Å². The minimum Gasteiger partial charge on any atom is -0.342 e. The molecule has 2 heterocycles. The zero-order valence-corrected chi connectivity index (χ0v) is 15.6. The van der Waals surface area contributed by atoms with Crippen molar-refractivity contribution in [2.45, 2.75) is 58.5 Å². The number of likely N-dealkylation sites (tertiary alicyclic amines) is 1. The minimum absolute atomic E-state index is 0. The van der Waals surface area contributed by atoms with Crippen LogP contribution in [0.1, 0.15) is 49.2 Å². The summed E-state index contributed by atoms with van der Waals surface area (Å²) in [7, 11) is 0. The van der Waals surface area contributed by atoms with E-state index in [1.54, 1.807) is 13.8 Å². The van der Waals surface area contributed by atoms with Crippen molar-refractivity contribution in [1.82, 2.24) is 20.0 Å². The third-order valence-corrected chi connectivity index (χ3v) is 5.23. The van der Waals surface area contributed by atoms with E-state index < -0.39 is 6.55 Å². The quantitative estimate of drug-likeness (QED) is 0.830. The number of carbonyl (C=O) groups excluding carboxylic acids is 1. The SMILES string of the molecule is Cc1nn(C(F)F)c(C)c1CC(=O)N1CCC(NCC2CC2)CC1.Cl. The van der Waals surface area contributed by atoms with E-state index in [0.717, 1.165) is 38.4 Å². The Hall–Kier alpha value is -1.21. The van der Waals surface area contributed by atoms with Crippen molar-refractivity contribution in [1.29, 1.82) is 0 Å². The molecule has 142 valence electrons. The number of hydrogen-bond acceptors (Lipinski definition) is 3. The molecule has 2 aliphatic rings. The Morgan fingerprint density at radius 3 is 2.40 bits per heavy atom. The summed E-state index contributed by atoms with van der Waals surface area (Å²) >= 11 is 0. The molecule has 25 heavy (non-hydrogen) atoms. The summed E-state index contributed by atoms with van der Waals surface area (Å²) in [6, 6.07) is 0.500. The molecule has 1 saturated heterocycles. The van der Waals surface area contributed by atoms with Crippen molar-refractivity contribution in [2.75, 3.05) is 19.6 Å². The first-order valence-corrected chi connectivity index (χ1v) is 8.79. The third kappa shape index (κ3) is 4.91. The lowest BCUT2D eigenvalue weighted by Gasteiger charge is -2.32. The summed E-state index contributed by atoms with van der Waals surface area (Å²) in [4.78, 5) is 14.4. The van der Waals surface area contributed by atoms with Gasteiger partial charge in [-0.1, -0.05) is 0 Å². The molecule has 1 aliphatic heterocycles. The first kappa shape index (κ1) is 20.1. The van der Waals surface area contributed by atoms with Crippen LogP contribution in [-0.2, 0) is 11.2 Å². The summed E-state index contributed by atoms with van der Waals surface area (Å²) in [5.41, 5.74) is 1.54. The van der Waals surface area contributed by atoms with Crippen LogP contribution >= 0.6 is 12.4 Å². The van der Waals surface area contributed by atoms with E-state index in [9.17, 15) is 13.6 Å². The summed E-state index contributed by atoms with van der Waals surface area (Å²) in [5, 5.41) is 7.44. The Balaban J connectivity index is 0.00000225. The fraction of sp³-hybridized carbons (Fsp3) is 0.765. The van der Waals surface area contributed by atoms with Crippen LogP contribution in [0.2, 0.25) is 0 Å². The number of nitrogens with one attached hydrogen (secondary N) is 1. The van der Waals surface area contributed by atoms with Crippen molar-refractivity contribution in [3.05, 3.63) is 17.0 Å².